The van der Waals surface area contributed by atoms with Crippen molar-refractivity contribution >= 4 is 5.91 Å². The van der Waals surface area contributed by atoms with Crippen LogP contribution in [0.25, 0.3) is 0 Å². The molecule has 6 nitrogen and oxygen atoms in total. The summed E-state index contributed by atoms with van der Waals surface area (Å²) in [4.78, 5) is 29.1. The summed E-state index contributed by atoms with van der Waals surface area (Å²) in [6.07, 6.45) is 2.99. The Morgan fingerprint density at radius 2 is 2.26 bits per heavy atom. The van der Waals surface area contributed by atoms with Crippen LogP contribution in [0, 0.1) is 0 Å². The molecule has 0 aliphatic rings. The Hall–Kier alpha value is -2.63. The third-order valence-electron chi connectivity index (χ3n) is 2.51. The standard InChI is InChI=1S/C13H13N3O3/c1-19-12-6-9(4-5-14-12)7-16-13(18)10-2-3-11(17)15-8-10/h2-6,8H,7H2,1H3,(H,15,17)(H,16,18). The number of hydrogen-bond acceptors (Lipinski definition) is 4. The molecule has 2 aromatic heterocycles. The summed E-state index contributed by atoms with van der Waals surface area (Å²) in [5.41, 5.74) is 1.04. The highest BCUT2D eigenvalue weighted by atomic mass is 16.5. The van der Waals surface area contributed by atoms with E-state index < -0.39 is 0 Å². The predicted molar refractivity (Wildman–Crippen MR) is 69.0 cm³/mol. The molecule has 0 atom stereocenters. The van der Waals surface area contributed by atoms with E-state index in [-0.39, 0.29) is 11.5 Å². The lowest BCUT2D eigenvalue weighted by molar-refractivity contribution is 0.0950. The van der Waals surface area contributed by atoms with E-state index in [9.17, 15) is 9.59 Å². The monoisotopic (exact) mass is 259 g/mol. The van der Waals surface area contributed by atoms with Crippen molar-refractivity contribution in [2.45, 2.75) is 6.54 Å². The average molecular weight is 259 g/mol. The molecule has 1 amide bonds. The number of ether oxygens (including phenoxy) is 1. The first kappa shape index (κ1) is 12.8. The van der Waals surface area contributed by atoms with Crippen LogP contribution in [0.4, 0.5) is 0 Å². The molecule has 0 radical (unpaired) electrons. The van der Waals surface area contributed by atoms with Gasteiger partial charge in [0.15, 0.2) is 0 Å². The molecule has 0 aromatic carbocycles. The zero-order valence-corrected chi connectivity index (χ0v) is 10.3. The average Bonchev–Trinajstić information content (AvgIpc) is 2.46. The van der Waals surface area contributed by atoms with Crippen LogP contribution in [0.15, 0.2) is 41.5 Å². The maximum Gasteiger partial charge on any atom is 0.253 e. The zero-order valence-electron chi connectivity index (χ0n) is 10.3. The van der Waals surface area contributed by atoms with E-state index in [1.165, 1.54) is 25.4 Å². The predicted octanol–water partition coefficient (Wildman–Crippen LogP) is 0.709. The topological polar surface area (TPSA) is 84.1 Å². The van der Waals surface area contributed by atoms with Gasteiger partial charge in [-0.2, -0.15) is 0 Å². The molecule has 0 aliphatic heterocycles. The number of carbonyl (C=O) groups is 1. The van der Waals surface area contributed by atoms with Gasteiger partial charge >= 0.3 is 0 Å². The van der Waals surface area contributed by atoms with Crippen LogP contribution in [-0.4, -0.2) is 23.0 Å². The van der Waals surface area contributed by atoms with E-state index in [2.05, 4.69) is 15.3 Å². The Morgan fingerprint density at radius 3 is 2.95 bits per heavy atom. The highest BCUT2D eigenvalue weighted by Gasteiger charge is 2.05. The van der Waals surface area contributed by atoms with Gasteiger partial charge in [-0.1, -0.05) is 0 Å². The van der Waals surface area contributed by atoms with Crippen LogP contribution < -0.4 is 15.6 Å². The van der Waals surface area contributed by atoms with E-state index in [0.717, 1.165) is 5.56 Å². The van der Waals surface area contributed by atoms with Crippen molar-refractivity contribution in [2.24, 2.45) is 0 Å². The van der Waals surface area contributed by atoms with Crippen molar-refractivity contribution in [3.05, 3.63) is 58.1 Å². The quantitative estimate of drug-likeness (QED) is 0.847. The molecular weight excluding hydrogens is 246 g/mol. The van der Waals surface area contributed by atoms with E-state index in [1.807, 2.05) is 0 Å². The van der Waals surface area contributed by atoms with Crippen LogP contribution in [0.3, 0.4) is 0 Å². The molecule has 98 valence electrons. The number of pyridine rings is 2. The van der Waals surface area contributed by atoms with Crippen molar-refractivity contribution in [1.29, 1.82) is 0 Å². The van der Waals surface area contributed by atoms with Crippen molar-refractivity contribution in [3.63, 3.8) is 0 Å². The van der Waals surface area contributed by atoms with Gasteiger partial charge < -0.3 is 15.0 Å². The fourth-order valence-corrected chi connectivity index (χ4v) is 1.51. The molecule has 19 heavy (non-hydrogen) atoms. The van der Waals surface area contributed by atoms with E-state index in [0.29, 0.717) is 18.0 Å². The number of H-pyrrole nitrogens is 1. The number of carbonyl (C=O) groups excluding carboxylic acids is 1. The summed E-state index contributed by atoms with van der Waals surface area (Å²) in [5.74, 6) is 0.239. The van der Waals surface area contributed by atoms with Gasteiger partial charge in [-0.05, 0) is 17.7 Å². The molecular formula is C13H13N3O3. The van der Waals surface area contributed by atoms with Crippen molar-refractivity contribution < 1.29 is 9.53 Å². The van der Waals surface area contributed by atoms with Crippen LogP contribution in [0.1, 0.15) is 15.9 Å². The Balaban J connectivity index is 2.00. The van der Waals surface area contributed by atoms with Gasteiger partial charge in [0.1, 0.15) is 0 Å². The molecule has 2 N–H and O–H groups in total. The minimum Gasteiger partial charge on any atom is -0.481 e. The van der Waals surface area contributed by atoms with E-state index >= 15 is 0 Å². The number of nitrogens with one attached hydrogen (secondary N) is 2. The molecule has 0 fully saturated rings. The second-order valence-corrected chi connectivity index (χ2v) is 3.83. The lowest BCUT2D eigenvalue weighted by atomic mass is 10.2. The SMILES string of the molecule is COc1cc(CNC(=O)c2ccc(=O)[nH]c2)ccn1. The molecule has 0 aliphatic carbocycles. The van der Waals surface area contributed by atoms with Gasteiger partial charge in [0.05, 0.1) is 12.7 Å². The highest BCUT2D eigenvalue weighted by molar-refractivity contribution is 5.93. The number of rotatable bonds is 4. The number of amides is 1. The third-order valence-corrected chi connectivity index (χ3v) is 2.51. The van der Waals surface area contributed by atoms with Crippen LogP contribution >= 0.6 is 0 Å². The minimum absolute atomic E-state index is 0.240. The molecule has 0 saturated heterocycles. The second kappa shape index (κ2) is 5.81. The molecule has 2 aromatic rings. The van der Waals surface area contributed by atoms with Crippen molar-refractivity contribution in [2.75, 3.05) is 7.11 Å². The molecule has 2 rings (SSSR count). The molecule has 0 saturated carbocycles. The van der Waals surface area contributed by atoms with E-state index in [1.54, 1.807) is 18.3 Å². The van der Waals surface area contributed by atoms with Gasteiger partial charge in [-0.3, -0.25) is 9.59 Å². The smallest absolute Gasteiger partial charge is 0.253 e. The molecule has 2 heterocycles. The summed E-state index contributed by atoms with van der Waals surface area (Å²) in [6.45, 7) is 0.358. The number of methoxy groups -OCH3 is 1. The van der Waals surface area contributed by atoms with Gasteiger partial charge in [0.25, 0.3) is 5.91 Å². The Kier molecular flexibility index (Phi) is 3.92. The number of aromatic amines is 1. The highest BCUT2D eigenvalue weighted by Crippen LogP contribution is 2.08. The summed E-state index contributed by atoms with van der Waals surface area (Å²) < 4.78 is 5.00. The lowest BCUT2D eigenvalue weighted by Gasteiger charge is -2.06. The molecule has 0 unspecified atom stereocenters. The number of aromatic nitrogens is 2. The van der Waals surface area contributed by atoms with E-state index in [4.69, 9.17) is 4.74 Å². The summed E-state index contributed by atoms with van der Waals surface area (Å²) >= 11 is 0. The maximum absolute atomic E-state index is 11.8. The van der Waals surface area contributed by atoms with Gasteiger partial charge in [-0.25, -0.2) is 4.98 Å². The van der Waals surface area contributed by atoms with Gasteiger partial charge in [0.2, 0.25) is 11.4 Å². The Morgan fingerprint density at radius 1 is 1.42 bits per heavy atom. The van der Waals surface area contributed by atoms with Crippen LogP contribution in [-0.2, 0) is 6.54 Å². The van der Waals surface area contributed by atoms with Gasteiger partial charge in [0, 0.05) is 31.1 Å². The van der Waals surface area contributed by atoms with Gasteiger partial charge in [-0.15, -0.1) is 0 Å². The maximum atomic E-state index is 11.8. The van der Waals surface area contributed by atoms with Crippen molar-refractivity contribution in [3.8, 4) is 5.88 Å². The second-order valence-electron chi connectivity index (χ2n) is 3.83. The van der Waals surface area contributed by atoms with Crippen molar-refractivity contribution in [1.82, 2.24) is 15.3 Å². The fourth-order valence-electron chi connectivity index (χ4n) is 1.51. The molecule has 0 bridgehead atoms. The van der Waals surface area contributed by atoms with Crippen LogP contribution in [0.2, 0.25) is 0 Å². The third kappa shape index (κ3) is 3.41. The normalized spacial score (nSPS) is 9.95. The summed E-state index contributed by atoms with van der Waals surface area (Å²) in [7, 11) is 1.53. The lowest BCUT2D eigenvalue weighted by Crippen LogP contribution is -2.23. The summed E-state index contributed by atoms with van der Waals surface area (Å²) in [5, 5.41) is 2.74. The largest absolute Gasteiger partial charge is 0.481 e. The first-order valence-corrected chi connectivity index (χ1v) is 5.65. The zero-order chi connectivity index (χ0) is 13.7. The minimum atomic E-state index is -0.257. The Bertz CT molecular complexity index is 617. The fraction of sp³-hybridized carbons (Fsp3) is 0.154. The Labute approximate surface area is 109 Å². The number of hydrogen-bond donors (Lipinski definition) is 2. The summed E-state index contributed by atoms with van der Waals surface area (Å²) in [6, 6.07) is 6.31. The molecule has 6 heteroatoms. The number of nitrogens with zero attached hydrogens (tertiary/aromatic N) is 1. The van der Waals surface area contributed by atoms with Crippen LogP contribution in [0.5, 0.6) is 5.88 Å². The first-order valence-electron chi connectivity index (χ1n) is 5.65. The first-order chi connectivity index (χ1) is 9.19. The molecule has 0 spiro atoms.